The molecule has 2 nitrogen and oxygen atoms in total. The highest BCUT2D eigenvalue weighted by atomic mass is 15.2. The maximum absolute atomic E-state index is 3.97. The van der Waals surface area contributed by atoms with Crippen molar-refractivity contribution >= 4 is 46.6 Å². The quantitative estimate of drug-likeness (QED) is 0.168. The van der Waals surface area contributed by atoms with Crippen LogP contribution in [0.4, 0.5) is 28.4 Å². The Morgan fingerprint density at radius 3 is 1.78 bits per heavy atom. The van der Waals surface area contributed by atoms with Crippen LogP contribution in [0.5, 0.6) is 0 Å². The van der Waals surface area contributed by atoms with Gasteiger partial charge in [0.05, 0.1) is 5.69 Å². The highest BCUT2D eigenvalue weighted by Gasteiger charge is 2.45. The molecule has 0 saturated carbocycles. The lowest BCUT2D eigenvalue weighted by atomic mass is 9.55. The van der Waals surface area contributed by atoms with Gasteiger partial charge in [-0.05, 0) is 139 Å². The third-order valence-corrected chi connectivity index (χ3v) is 14.9. The van der Waals surface area contributed by atoms with Gasteiger partial charge in [0.1, 0.15) is 0 Å². The smallest absolute Gasteiger partial charge is 0.198 e. The molecule has 8 aromatic carbocycles. The van der Waals surface area contributed by atoms with E-state index in [-0.39, 0.29) is 16.2 Å². The minimum absolute atomic E-state index is 0.0803. The van der Waals surface area contributed by atoms with Crippen molar-refractivity contribution in [3.8, 4) is 44.5 Å². The average molecular weight is 815 g/mol. The normalized spacial score (nSPS) is 15.9. The molecule has 1 aliphatic carbocycles. The molecule has 0 radical (unpaired) electrons. The van der Waals surface area contributed by atoms with Crippen molar-refractivity contribution in [1.29, 1.82) is 0 Å². The van der Waals surface area contributed by atoms with Gasteiger partial charge in [0.2, 0.25) is 0 Å². The van der Waals surface area contributed by atoms with Crippen LogP contribution in [-0.4, -0.2) is 7.28 Å². The van der Waals surface area contributed by atoms with Crippen molar-refractivity contribution in [1.82, 2.24) is 0 Å². The highest BCUT2D eigenvalue weighted by Crippen LogP contribution is 2.57. The van der Waals surface area contributed by atoms with Crippen LogP contribution in [0, 0.1) is 6.92 Å². The molecule has 0 fully saturated rings. The van der Waals surface area contributed by atoms with Gasteiger partial charge in [0.25, 0.3) is 0 Å². The second kappa shape index (κ2) is 14.5. The lowest BCUT2D eigenvalue weighted by molar-refractivity contribution is 0.331. The summed E-state index contributed by atoms with van der Waals surface area (Å²) in [6, 6.07) is 63.5. The minimum Gasteiger partial charge on any atom is -0.355 e. The molecule has 0 unspecified atom stereocenters. The Bertz CT molecular complexity index is 3080. The summed E-state index contributed by atoms with van der Waals surface area (Å²) in [6.07, 6.45) is 2.37. The standard InChI is InChI=1S/C60H55BN2/c1-38-17-14-15-22-45(38)43-33-47(46-30-27-42(40-20-12-9-13-21-40)34-53(46)62-44-28-25-41(26-29-44)39-18-10-8-11-19-39)56-55(35-43)63-54-37-50-49(58(2,3)31-32-59(50,4)5)36-51(54)60(6,7)48-23-16-24-52(61-56)57(48)63/h8-30,33-37,61-62H,31-32H2,1-7H3. The number of nitrogens with zero attached hydrogens (tertiary/aromatic N) is 1. The first-order valence-corrected chi connectivity index (χ1v) is 22.8. The second-order valence-corrected chi connectivity index (χ2v) is 20.2. The summed E-state index contributed by atoms with van der Waals surface area (Å²) in [5.74, 6) is 0. The lowest BCUT2D eigenvalue weighted by Crippen LogP contribution is -2.46. The van der Waals surface area contributed by atoms with Crippen LogP contribution in [0.1, 0.15) is 82.2 Å². The van der Waals surface area contributed by atoms with E-state index in [2.05, 4.69) is 229 Å². The predicted molar refractivity (Wildman–Crippen MR) is 271 cm³/mol. The molecule has 3 heteroatoms. The summed E-state index contributed by atoms with van der Waals surface area (Å²) in [5, 5.41) is 3.97. The first-order valence-electron chi connectivity index (χ1n) is 22.8. The van der Waals surface area contributed by atoms with Crippen molar-refractivity contribution < 1.29 is 0 Å². The average Bonchev–Trinajstić information content (AvgIpc) is 3.29. The minimum atomic E-state index is -0.168. The lowest BCUT2D eigenvalue weighted by Gasteiger charge is -2.49. The number of benzene rings is 8. The molecule has 0 spiro atoms. The van der Waals surface area contributed by atoms with Gasteiger partial charge in [-0.1, -0.05) is 180 Å². The van der Waals surface area contributed by atoms with E-state index in [1.54, 1.807) is 0 Å². The van der Waals surface area contributed by atoms with E-state index in [1.807, 2.05) is 0 Å². The van der Waals surface area contributed by atoms with Gasteiger partial charge in [-0.2, -0.15) is 0 Å². The van der Waals surface area contributed by atoms with Gasteiger partial charge in [0, 0.05) is 33.7 Å². The van der Waals surface area contributed by atoms with Gasteiger partial charge in [-0.3, -0.25) is 0 Å². The number of rotatable bonds is 6. The monoisotopic (exact) mass is 814 g/mol. The topological polar surface area (TPSA) is 15.3 Å². The van der Waals surface area contributed by atoms with Crippen LogP contribution in [0.25, 0.3) is 44.5 Å². The molecule has 0 bridgehead atoms. The third-order valence-electron chi connectivity index (χ3n) is 14.9. The molecule has 308 valence electrons. The molecule has 2 aliphatic heterocycles. The first kappa shape index (κ1) is 39.3. The summed E-state index contributed by atoms with van der Waals surface area (Å²) < 4.78 is 0. The fourth-order valence-electron chi connectivity index (χ4n) is 11.1. The Hall–Kier alpha value is -6.58. The van der Waals surface area contributed by atoms with Gasteiger partial charge < -0.3 is 10.2 Å². The second-order valence-electron chi connectivity index (χ2n) is 20.2. The number of hydrogen-bond donors (Lipinski definition) is 1. The van der Waals surface area contributed by atoms with E-state index in [4.69, 9.17) is 0 Å². The van der Waals surface area contributed by atoms with E-state index in [0.717, 1.165) is 18.7 Å². The van der Waals surface area contributed by atoms with E-state index in [1.165, 1.54) is 113 Å². The number of anilines is 5. The maximum atomic E-state index is 3.97. The Kier molecular flexibility index (Phi) is 9.04. The van der Waals surface area contributed by atoms with Crippen LogP contribution in [0.15, 0.2) is 170 Å². The summed E-state index contributed by atoms with van der Waals surface area (Å²) in [7, 11) is 0.846. The molecule has 11 rings (SSSR count). The fourth-order valence-corrected chi connectivity index (χ4v) is 11.1. The summed E-state index contributed by atoms with van der Waals surface area (Å²) in [5.41, 5.74) is 25.7. The van der Waals surface area contributed by atoms with E-state index in [9.17, 15) is 0 Å². The molecule has 0 atom stereocenters. The van der Waals surface area contributed by atoms with Crippen LogP contribution in [0.2, 0.25) is 0 Å². The first-order chi connectivity index (χ1) is 30.4. The summed E-state index contributed by atoms with van der Waals surface area (Å²) >= 11 is 0. The van der Waals surface area contributed by atoms with E-state index < -0.39 is 0 Å². The summed E-state index contributed by atoms with van der Waals surface area (Å²) in [6.45, 7) is 17.0. The largest absolute Gasteiger partial charge is 0.355 e. The summed E-state index contributed by atoms with van der Waals surface area (Å²) in [4.78, 5) is 2.68. The fraction of sp³-hybridized carbons (Fsp3) is 0.200. The molecule has 0 aromatic heterocycles. The van der Waals surface area contributed by atoms with Crippen molar-refractivity contribution in [3.63, 3.8) is 0 Å². The molecule has 0 saturated heterocycles. The Morgan fingerprint density at radius 1 is 0.460 bits per heavy atom. The number of hydrogen-bond acceptors (Lipinski definition) is 2. The number of aryl methyl sites for hydroxylation is 1. The van der Waals surface area contributed by atoms with Crippen LogP contribution < -0.4 is 21.1 Å². The molecular formula is C60H55BN2. The maximum Gasteiger partial charge on any atom is 0.198 e. The van der Waals surface area contributed by atoms with Crippen LogP contribution in [0.3, 0.4) is 0 Å². The third kappa shape index (κ3) is 6.47. The van der Waals surface area contributed by atoms with Crippen LogP contribution >= 0.6 is 0 Å². The van der Waals surface area contributed by atoms with Crippen molar-refractivity contribution in [2.24, 2.45) is 0 Å². The molecule has 1 N–H and O–H groups in total. The predicted octanol–water partition coefficient (Wildman–Crippen LogP) is 14.6. The van der Waals surface area contributed by atoms with Crippen molar-refractivity contribution in [2.45, 2.75) is 77.6 Å². The van der Waals surface area contributed by atoms with E-state index in [0.29, 0.717) is 0 Å². The molecule has 8 aromatic rings. The highest BCUT2D eigenvalue weighted by molar-refractivity contribution is 6.73. The molecule has 2 heterocycles. The zero-order valence-electron chi connectivity index (χ0n) is 37.7. The molecule has 0 amide bonds. The molecule has 63 heavy (non-hydrogen) atoms. The Morgan fingerprint density at radius 2 is 1.08 bits per heavy atom. The SMILES string of the molecule is Cc1ccccc1-c1cc(-c2ccc(-c3ccccc3)cc2Nc2ccc(-c3ccccc3)cc2)c2c(c1)N1c3cc4c(cc3C(C)(C)c3cccc(c31)B2)C(C)(C)CCC4(C)C. The van der Waals surface area contributed by atoms with E-state index >= 15 is 0 Å². The van der Waals surface area contributed by atoms with Gasteiger partial charge in [0.15, 0.2) is 7.28 Å². The number of para-hydroxylation sites is 1. The Balaban J connectivity index is 1.17. The zero-order valence-corrected chi connectivity index (χ0v) is 37.7. The van der Waals surface area contributed by atoms with Crippen LogP contribution in [-0.2, 0) is 16.2 Å². The number of nitrogens with one attached hydrogen (secondary N) is 1. The zero-order chi connectivity index (χ0) is 43.3. The Labute approximate surface area is 374 Å². The molecule has 3 aliphatic rings. The molecular weight excluding hydrogens is 759 g/mol. The van der Waals surface area contributed by atoms with Crippen molar-refractivity contribution in [3.05, 3.63) is 198 Å². The van der Waals surface area contributed by atoms with Gasteiger partial charge in [-0.15, -0.1) is 0 Å². The number of fused-ring (bicyclic) bond motifs is 5. The van der Waals surface area contributed by atoms with Crippen molar-refractivity contribution in [2.75, 3.05) is 10.2 Å². The van der Waals surface area contributed by atoms with Gasteiger partial charge in [-0.25, -0.2) is 0 Å². The van der Waals surface area contributed by atoms with Gasteiger partial charge >= 0.3 is 0 Å².